The molecule has 1 unspecified atom stereocenters. The highest BCUT2D eigenvalue weighted by molar-refractivity contribution is 9.10. The summed E-state index contributed by atoms with van der Waals surface area (Å²) in [4.78, 5) is 0.191. The predicted octanol–water partition coefficient (Wildman–Crippen LogP) is 2.65. The van der Waals surface area contributed by atoms with Gasteiger partial charge >= 0.3 is 0 Å². The predicted molar refractivity (Wildman–Crippen MR) is 84.1 cm³/mol. The van der Waals surface area contributed by atoms with Gasteiger partial charge in [-0.15, -0.1) is 0 Å². The molecule has 1 saturated heterocycles. The van der Waals surface area contributed by atoms with Gasteiger partial charge in [0, 0.05) is 24.2 Å². The first kappa shape index (κ1) is 16.7. The number of sulfonamides is 1. The topological polar surface area (TPSA) is 55.8 Å². The van der Waals surface area contributed by atoms with Crippen LogP contribution < -0.4 is 4.74 Å². The zero-order chi connectivity index (χ0) is 15.5. The molecule has 1 aliphatic heterocycles. The molecule has 21 heavy (non-hydrogen) atoms. The van der Waals surface area contributed by atoms with Gasteiger partial charge in [-0.3, -0.25) is 0 Å². The Hall–Kier alpha value is -0.630. The number of nitrogens with zero attached hydrogens (tertiary/aromatic N) is 1. The van der Waals surface area contributed by atoms with E-state index in [1.54, 1.807) is 18.2 Å². The van der Waals surface area contributed by atoms with E-state index in [1.807, 2.05) is 6.92 Å². The number of hydrogen-bond acceptors (Lipinski definition) is 4. The van der Waals surface area contributed by atoms with E-state index in [9.17, 15) is 8.42 Å². The molecule has 1 aliphatic rings. The third-order valence-electron chi connectivity index (χ3n) is 3.49. The number of piperidine rings is 1. The Balaban J connectivity index is 2.31. The first-order valence-corrected chi connectivity index (χ1v) is 9.17. The fourth-order valence-corrected chi connectivity index (χ4v) is 4.69. The van der Waals surface area contributed by atoms with E-state index in [4.69, 9.17) is 9.47 Å². The van der Waals surface area contributed by atoms with Crippen LogP contribution in [0, 0.1) is 0 Å². The van der Waals surface area contributed by atoms with Crippen molar-refractivity contribution in [2.75, 3.05) is 26.8 Å². The summed E-state index contributed by atoms with van der Waals surface area (Å²) in [5, 5.41) is 0. The fraction of sp³-hybridized carbons (Fsp3) is 0.571. The third-order valence-corrected chi connectivity index (χ3v) is 5.87. The molecule has 7 heteroatoms. The molecule has 1 fully saturated rings. The van der Waals surface area contributed by atoms with Crippen LogP contribution in [0.4, 0.5) is 0 Å². The average molecular weight is 378 g/mol. The van der Waals surface area contributed by atoms with Crippen molar-refractivity contribution < 1.29 is 17.9 Å². The van der Waals surface area contributed by atoms with Gasteiger partial charge in [-0.25, -0.2) is 8.42 Å². The van der Waals surface area contributed by atoms with Gasteiger partial charge in [0.05, 0.1) is 13.2 Å². The quantitative estimate of drug-likeness (QED) is 0.791. The first-order valence-electron chi connectivity index (χ1n) is 6.94. The summed E-state index contributed by atoms with van der Waals surface area (Å²) in [6.07, 6.45) is 1.67. The maximum atomic E-state index is 12.8. The molecule has 5 nitrogen and oxygen atoms in total. The molecule has 1 aromatic rings. The van der Waals surface area contributed by atoms with Crippen LogP contribution >= 0.6 is 15.9 Å². The van der Waals surface area contributed by atoms with Crippen molar-refractivity contribution >= 4 is 26.0 Å². The number of halogens is 1. The molecule has 0 N–H and O–H groups in total. The lowest BCUT2D eigenvalue weighted by atomic mass is 10.1. The SMILES string of the molecule is CCOC1CCCN(S(=O)(=O)c2cc(Br)ccc2OC)C1. The van der Waals surface area contributed by atoms with Crippen LogP contribution in [0.2, 0.25) is 0 Å². The van der Waals surface area contributed by atoms with Crippen molar-refractivity contribution in [2.45, 2.75) is 30.8 Å². The molecule has 118 valence electrons. The molecular formula is C14H20BrNO4S. The highest BCUT2D eigenvalue weighted by atomic mass is 79.9. The second-order valence-corrected chi connectivity index (χ2v) is 7.70. The minimum atomic E-state index is -3.58. The molecule has 1 atom stereocenters. The van der Waals surface area contributed by atoms with Gasteiger partial charge < -0.3 is 9.47 Å². The Morgan fingerprint density at radius 3 is 2.86 bits per heavy atom. The maximum absolute atomic E-state index is 12.8. The zero-order valence-corrected chi connectivity index (χ0v) is 14.6. The molecule has 0 aliphatic carbocycles. The van der Waals surface area contributed by atoms with Gasteiger partial charge in [-0.2, -0.15) is 4.31 Å². The first-order chi connectivity index (χ1) is 9.98. The standard InChI is InChI=1S/C14H20BrNO4S/c1-3-20-12-5-4-8-16(10-12)21(17,18)14-9-11(15)6-7-13(14)19-2/h6-7,9,12H,3-5,8,10H2,1-2H3. The summed E-state index contributed by atoms with van der Waals surface area (Å²) in [6.45, 7) is 3.43. The lowest BCUT2D eigenvalue weighted by Crippen LogP contribution is -2.43. The van der Waals surface area contributed by atoms with Gasteiger partial charge in [0.1, 0.15) is 10.6 Å². The molecule has 1 aromatic carbocycles. The number of rotatable bonds is 5. The van der Waals surface area contributed by atoms with Crippen LogP contribution in [0.5, 0.6) is 5.75 Å². The minimum absolute atomic E-state index is 0.0309. The van der Waals surface area contributed by atoms with Gasteiger partial charge in [-0.05, 0) is 38.0 Å². The van der Waals surface area contributed by atoms with Crippen molar-refractivity contribution in [1.29, 1.82) is 0 Å². The van der Waals surface area contributed by atoms with Crippen molar-refractivity contribution in [1.82, 2.24) is 4.31 Å². The van der Waals surface area contributed by atoms with Crippen molar-refractivity contribution in [3.63, 3.8) is 0 Å². The van der Waals surface area contributed by atoms with Crippen LogP contribution in [-0.2, 0) is 14.8 Å². The number of ether oxygens (including phenoxy) is 2. The fourth-order valence-electron chi connectivity index (χ4n) is 2.49. The Kier molecular flexibility index (Phi) is 5.65. The molecule has 0 bridgehead atoms. The zero-order valence-electron chi connectivity index (χ0n) is 12.2. The summed E-state index contributed by atoms with van der Waals surface area (Å²) in [6, 6.07) is 5.00. The largest absolute Gasteiger partial charge is 0.495 e. The summed E-state index contributed by atoms with van der Waals surface area (Å²) in [5.74, 6) is 0.358. The lowest BCUT2D eigenvalue weighted by molar-refractivity contribution is 0.0264. The minimum Gasteiger partial charge on any atom is -0.495 e. The van der Waals surface area contributed by atoms with E-state index in [-0.39, 0.29) is 11.0 Å². The third kappa shape index (κ3) is 3.77. The Morgan fingerprint density at radius 1 is 1.43 bits per heavy atom. The molecule has 0 spiro atoms. The Morgan fingerprint density at radius 2 is 2.19 bits per heavy atom. The van der Waals surface area contributed by atoms with Crippen LogP contribution in [0.25, 0.3) is 0 Å². The van der Waals surface area contributed by atoms with Crippen LogP contribution in [0.15, 0.2) is 27.6 Å². The highest BCUT2D eigenvalue weighted by Crippen LogP contribution is 2.31. The van der Waals surface area contributed by atoms with Gasteiger partial charge in [0.15, 0.2) is 0 Å². The van der Waals surface area contributed by atoms with Crippen LogP contribution in [0.3, 0.4) is 0 Å². The molecule has 2 rings (SSSR count). The van der Waals surface area contributed by atoms with Crippen molar-refractivity contribution in [3.8, 4) is 5.75 Å². The molecular weight excluding hydrogens is 358 g/mol. The molecule has 0 amide bonds. The Bertz CT molecular complexity index is 589. The summed E-state index contributed by atoms with van der Waals surface area (Å²) < 4.78 is 38.6. The lowest BCUT2D eigenvalue weighted by Gasteiger charge is -2.32. The van der Waals surface area contributed by atoms with Crippen molar-refractivity contribution in [3.05, 3.63) is 22.7 Å². The smallest absolute Gasteiger partial charge is 0.246 e. The number of methoxy groups -OCH3 is 1. The monoisotopic (exact) mass is 377 g/mol. The van der Waals surface area contributed by atoms with Crippen molar-refractivity contribution in [2.24, 2.45) is 0 Å². The highest BCUT2D eigenvalue weighted by Gasteiger charge is 2.32. The average Bonchev–Trinajstić information content (AvgIpc) is 2.48. The second kappa shape index (κ2) is 7.09. The van der Waals surface area contributed by atoms with Crippen LogP contribution in [0.1, 0.15) is 19.8 Å². The van der Waals surface area contributed by atoms with Gasteiger partial charge in [-0.1, -0.05) is 15.9 Å². The molecule has 0 aromatic heterocycles. The molecule has 0 radical (unpaired) electrons. The normalized spacial score (nSPS) is 20.4. The number of benzene rings is 1. The van der Waals surface area contributed by atoms with E-state index in [1.165, 1.54) is 11.4 Å². The summed E-state index contributed by atoms with van der Waals surface area (Å²) in [5.41, 5.74) is 0. The van der Waals surface area contributed by atoms with Gasteiger partial charge in [0.2, 0.25) is 10.0 Å². The van der Waals surface area contributed by atoms with E-state index in [2.05, 4.69) is 15.9 Å². The van der Waals surface area contributed by atoms with E-state index in [0.29, 0.717) is 29.9 Å². The summed E-state index contributed by atoms with van der Waals surface area (Å²) in [7, 11) is -2.11. The number of hydrogen-bond donors (Lipinski definition) is 0. The molecule has 1 heterocycles. The summed E-state index contributed by atoms with van der Waals surface area (Å²) >= 11 is 3.32. The van der Waals surface area contributed by atoms with E-state index >= 15 is 0 Å². The van der Waals surface area contributed by atoms with Crippen LogP contribution in [-0.4, -0.2) is 45.6 Å². The van der Waals surface area contributed by atoms with E-state index in [0.717, 1.165) is 12.8 Å². The molecule has 0 saturated carbocycles. The maximum Gasteiger partial charge on any atom is 0.246 e. The van der Waals surface area contributed by atoms with Gasteiger partial charge in [0.25, 0.3) is 0 Å². The second-order valence-electron chi connectivity index (χ2n) is 4.88. The Labute approximate surface area is 134 Å². The van der Waals surface area contributed by atoms with E-state index < -0.39 is 10.0 Å².